The smallest absolute Gasteiger partial charge is 0.293 e. The first-order valence-corrected chi connectivity index (χ1v) is 7.04. The van der Waals surface area contributed by atoms with E-state index in [9.17, 15) is 9.59 Å². The SMILES string of the molecule is CCCn1c(=O)n(C(C)(C)C)c(=O)c2c(C)cccc21. The van der Waals surface area contributed by atoms with E-state index in [2.05, 4.69) is 0 Å². The molecule has 0 unspecified atom stereocenters. The molecule has 0 N–H and O–H groups in total. The summed E-state index contributed by atoms with van der Waals surface area (Å²) in [5.74, 6) is 0. The fourth-order valence-electron chi connectivity index (χ4n) is 2.61. The second kappa shape index (κ2) is 4.93. The topological polar surface area (TPSA) is 44.0 Å². The molecule has 0 fully saturated rings. The predicted molar refractivity (Wildman–Crippen MR) is 82.5 cm³/mol. The monoisotopic (exact) mass is 274 g/mol. The number of hydrogen-bond acceptors (Lipinski definition) is 2. The number of benzene rings is 1. The maximum atomic E-state index is 12.7. The highest BCUT2D eigenvalue weighted by atomic mass is 16.2. The van der Waals surface area contributed by atoms with Crippen LogP contribution in [0.5, 0.6) is 0 Å². The van der Waals surface area contributed by atoms with E-state index < -0.39 is 5.54 Å². The molecule has 0 spiro atoms. The average molecular weight is 274 g/mol. The Morgan fingerprint density at radius 1 is 1.15 bits per heavy atom. The Morgan fingerprint density at radius 3 is 2.35 bits per heavy atom. The van der Waals surface area contributed by atoms with Gasteiger partial charge in [-0.05, 0) is 45.7 Å². The second-order valence-electron chi connectivity index (χ2n) is 6.21. The number of aromatic nitrogens is 2. The van der Waals surface area contributed by atoms with Crippen molar-refractivity contribution in [3.8, 4) is 0 Å². The highest BCUT2D eigenvalue weighted by Gasteiger charge is 2.22. The van der Waals surface area contributed by atoms with Gasteiger partial charge in [0, 0.05) is 12.1 Å². The van der Waals surface area contributed by atoms with Gasteiger partial charge in [0.2, 0.25) is 0 Å². The van der Waals surface area contributed by atoms with E-state index in [4.69, 9.17) is 0 Å². The van der Waals surface area contributed by atoms with Gasteiger partial charge in [0.1, 0.15) is 0 Å². The summed E-state index contributed by atoms with van der Waals surface area (Å²) in [4.78, 5) is 25.4. The predicted octanol–water partition coefficient (Wildman–Crippen LogP) is 2.64. The Kier molecular flexibility index (Phi) is 3.59. The van der Waals surface area contributed by atoms with Crippen LogP contribution in [0.15, 0.2) is 27.8 Å². The third-order valence-electron chi connectivity index (χ3n) is 3.50. The maximum Gasteiger partial charge on any atom is 0.331 e. The third kappa shape index (κ3) is 2.19. The first-order chi connectivity index (χ1) is 9.29. The highest BCUT2D eigenvalue weighted by molar-refractivity contribution is 5.81. The molecular weight excluding hydrogens is 252 g/mol. The normalized spacial score (nSPS) is 12.1. The lowest BCUT2D eigenvalue weighted by atomic mass is 10.1. The molecule has 1 heterocycles. The summed E-state index contributed by atoms with van der Waals surface area (Å²) in [5.41, 5.74) is 0.711. The lowest BCUT2D eigenvalue weighted by Gasteiger charge is -2.24. The van der Waals surface area contributed by atoms with Crippen molar-refractivity contribution < 1.29 is 0 Å². The number of rotatable bonds is 2. The molecule has 2 aromatic rings. The summed E-state index contributed by atoms with van der Waals surface area (Å²) >= 11 is 0. The summed E-state index contributed by atoms with van der Waals surface area (Å²) in [5, 5.41) is 0.649. The summed E-state index contributed by atoms with van der Waals surface area (Å²) in [6, 6.07) is 5.66. The van der Waals surface area contributed by atoms with E-state index in [0.717, 1.165) is 17.5 Å². The molecule has 0 radical (unpaired) electrons. The van der Waals surface area contributed by atoms with Crippen molar-refractivity contribution in [3.05, 3.63) is 44.6 Å². The van der Waals surface area contributed by atoms with Gasteiger partial charge in [0.25, 0.3) is 5.56 Å². The molecule has 0 bridgehead atoms. The van der Waals surface area contributed by atoms with E-state index in [1.807, 2.05) is 52.8 Å². The molecule has 0 amide bonds. The molecule has 2 rings (SSSR count). The quantitative estimate of drug-likeness (QED) is 0.845. The van der Waals surface area contributed by atoms with Crippen molar-refractivity contribution in [1.82, 2.24) is 9.13 Å². The van der Waals surface area contributed by atoms with Gasteiger partial charge in [-0.1, -0.05) is 19.1 Å². The lowest BCUT2D eigenvalue weighted by Crippen LogP contribution is -2.47. The Morgan fingerprint density at radius 2 is 1.80 bits per heavy atom. The van der Waals surface area contributed by atoms with Gasteiger partial charge in [0.15, 0.2) is 0 Å². The zero-order valence-electron chi connectivity index (χ0n) is 12.9. The van der Waals surface area contributed by atoms with Crippen molar-refractivity contribution in [1.29, 1.82) is 0 Å². The molecule has 108 valence electrons. The van der Waals surface area contributed by atoms with Crippen molar-refractivity contribution in [2.45, 2.75) is 53.1 Å². The summed E-state index contributed by atoms with van der Waals surface area (Å²) in [6.07, 6.45) is 0.852. The zero-order valence-corrected chi connectivity index (χ0v) is 12.9. The summed E-state index contributed by atoms with van der Waals surface area (Å²) < 4.78 is 3.09. The summed E-state index contributed by atoms with van der Waals surface area (Å²) in [6.45, 7) is 10.2. The average Bonchev–Trinajstić information content (AvgIpc) is 2.32. The molecule has 0 saturated heterocycles. The van der Waals surface area contributed by atoms with Gasteiger partial charge >= 0.3 is 5.69 Å². The van der Waals surface area contributed by atoms with Crippen LogP contribution in [0, 0.1) is 6.92 Å². The number of hydrogen-bond donors (Lipinski definition) is 0. The molecule has 0 aliphatic heterocycles. The van der Waals surface area contributed by atoms with Gasteiger partial charge in [0.05, 0.1) is 10.9 Å². The van der Waals surface area contributed by atoms with E-state index in [0.29, 0.717) is 11.9 Å². The molecule has 4 heteroatoms. The van der Waals surface area contributed by atoms with Crippen molar-refractivity contribution >= 4 is 10.9 Å². The Labute approximate surface area is 118 Å². The van der Waals surface area contributed by atoms with Gasteiger partial charge in [-0.15, -0.1) is 0 Å². The molecule has 0 aliphatic rings. The minimum atomic E-state index is -0.528. The molecule has 1 aromatic heterocycles. The van der Waals surface area contributed by atoms with Crippen LogP contribution < -0.4 is 11.2 Å². The Balaban J connectivity index is 3.08. The van der Waals surface area contributed by atoms with Crippen LogP contribution in [0.1, 0.15) is 39.7 Å². The fourth-order valence-corrected chi connectivity index (χ4v) is 2.61. The highest BCUT2D eigenvalue weighted by Crippen LogP contribution is 2.16. The molecule has 1 aromatic carbocycles. The van der Waals surface area contributed by atoms with Gasteiger partial charge in [-0.3, -0.25) is 13.9 Å². The Bertz CT molecular complexity index is 761. The fraction of sp³-hybridized carbons (Fsp3) is 0.500. The molecule has 20 heavy (non-hydrogen) atoms. The summed E-state index contributed by atoms with van der Waals surface area (Å²) in [7, 11) is 0. The maximum absolute atomic E-state index is 12.7. The van der Waals surface area contributed by atoms with E-state index in [-0.39, 0.29) is 11.2 Å². The molecule has 0 saturated carbocycles. The Hall–Kier alpha value is -1.84. The van der Waals surface area contributed by atoms with E-state index in [1.54, 1.807) is 4.57 Å². The van der Waals surface area contributed by atoms with E-state index in [1.165, 1.54) is 4.57 Å². The molecule has 4 nitrogen and oxygen atoms in total. The van der Waals surface area contributed by atoms with E-state index >= 15 is 0 Å². The van der Waals surface area contributed by atoms with Gasteiger partial charge < -0.3 is 0 Å². The third-order valence-corrected chi connectivity index (χ3v) is 3.50. The minimum Gasteiger partial charge on any atom is -0.293 e. The first kappa shape index (κ1) is 14.6. The van der Waals surface area contributed by atoms with Crippen LogP contribution in [0.2, 0.25) is 0 Å². The van der Waals surface area contributed by atoms with Crippen LogP contribution in [0.3, 0.4) is 0 Å². The van der Waals surface area contributed by atoms with Crippen LogP contribution >= 0.6 is 0 Å². The van der Waals surface area contributed by atoms with Crippen LogP contribution in [-0.2, 0) is 12.1 Å². The van der Waals surface area contributed by atoms with Crippen molar-refractivity contribution in [2.75, 3.05) is 0 Å². The van der Waals surface area contributed by atoms with Crippen LogP contribution in [-0.4, -0.2) is 9.13 Å². The molecule has 0 aliphatic carbocycles. The lowest BCUT2D eigenvalue weighted by molar-refractivity contribution is 0.358. The number of fused-ring (bicyclic) bond motifs is 1. The zero-order chi connectivity index (χ0) is 15.1. The second-order valence-corrected chi connectivity index (χ2v) is 6.21. The standard InChI is InChI=1S/C16H22N2O2/c1-6-10-17-12-9-7-8-11(2)13(12)14(19)18(15(17)20)16(3,4)5/h7-9H,6,10H2,1-5H3. The van der Waals surface area contributed by atoms with Gasteiger partial charge in [-0.2, -0.15) is 0 Å². The molecule has 0 atom stereocenters. The van der Waals surface area contributed by atoms with Crippen LogP contribution in [0.4, 0.5) is 0 Å². The molecular formula is C16H22N2O2. The van der Waals surface area contributed by atoms with Crippen LogP contribution in [0.25, 0.3) is 10.9 Å². The van der Waals surface area contributed by atoms with Crippen molar-refractivity contribution in [2.24, 2.45) is 0 Å². The minimum absolute atomic E-state index is 0.192. The first-order valence-electron chi connectivity index (χ1n) is 7.04. The van der Waals surface area contributed by atoms with Gasteiger partial charge in [-0.25, -0.2) is 4.79 Å². The number of nitrogens with zero attached hydrogens (tertiary/aromatic N) is 2. The largest absolute Gasteiger partial charge is 0.331 e. The number of aryl methyl sites for hydroxylation is 2. The van der Waals surface area contributed by atoms with Crippen molar-refractivity contribution in [3.63, 3.8) is 0 Å².